The number of ether oxygens (including phenoxy) is 1. The van der Waals surface area contributed by atoms with Gasteiger partial charge in [0, 0.05) is 6.04 Å². The molecule has 1 aliphatic carbocycles. The number of piperidine rings is 1. The summed E-state index contributed by atoms with van der Waals surface area (Å²) in [5, 5.41) is 5.72. The number of fused-ring (bicyclic) bond motifs is 1. The molecule has 1 aliphatic heterocycles. The fraction of sp³-hybridized carbons (Fsp3) is 0.522. The van der Waals surface area contributed by atoms with E-state index in [-0.39, 0.29) is 6.03 Å². The smallest absolute Gasteiger partial charge is 0.324 e. The molecule has 1 fully saturated rings. The molecule has 1 unspecified atom stereocenters. The van der Waals surface area contributed by atoms with Crippen LogP contribution in [0.1, 0.15) is 48.9 Å². The number of amides is 2. The van der Waals surface area contributed by atoms with Gasteiger partial charge in [-0.05, 0) is 82.3 Å². The molecular weight excluding hydrogens is 378 g/mol. The number of benzene rings is 1. The maximum atomic E-state index is 12.6. The summed E-state index contributed by atoms with van der Waals surface area (Å²) in [4.78, 5) is 23.3. The molecule has 7 heteroatoms. The van der Waals surface area contributed by atoms with Crippen LogP contribution in [0, 0.1) is 6.92 Å². The number of hydrogen-bond acceptors (Lipinski definition) is 5. The van der Waals surface area contributed by atoms with E-state index >= 15 is 0 Å². The summed E-state index contributed by atoms with van der Waals surface area (Å²) in [6, 6.07) is 4.27. The van der Waals surface area contributed by atoms with Crippen molar-refractivity contribution in [2.75, 3.05) is 30.8 Å². The number of aromatic nitrogens is 2. The van der Waals surface area contributed by atoms with Crippen LogP contribution in [0.25, 0.3) is 0 Å². The molecule has 2 heterocycles. The zero-order valence-electron chi connectivity index (χ0n) is 17.9. The summed E-state index contributed by atoms with van der Waals surface area (Å²) in [6.07, 6.45) is 11.3. The zero-order chi connectivity index (χ0) is 20.9. The van der Waals surface area contributed by atoms with Gasteiger partial charge in [-0.25, -0.2) is 9.78 Å². The highest BCUT2D eigenvalue weighted by Crippen LogP contribution is 2.33. The quantitative estimate of drug-likeness (QED) is 0.775. The Kier molecular flexibility index (Phi) is 6.47. The van der Waals surface area contributed by atoms with Gasteiger partial charge in [-0.3, -0.25) is 10.3 Å². The SMILES string of the molecule is Cc1cnc(NC(=O)Nc2cc3c(cc2OCC2CCCCN2C)CCCC3)cn1. The molecular formula is C23H31N5O2. The molecule has 1 saturated heterocycles. The van der Waals surface area contributed by atoms with E-state index in [1.807, 2.05) is 6.92 Å². The number of anilines is 2. The van der Waals surface area contributed by atoms with Crippen LogP contribution in [0.3, 0.4) is 0 Å². The summed E-state index contributed by atoms with van der Waals surface area (Å²) in [5.41, 5.74) is 4.16. The number of carbonyl (C=O) groups excluding carboxylic acids is 1. The topological polar surface area (TPSA) is 79.4 Å². The molecule has 1 aromatic carbocycles. The van der Waals surface area contributed by atoms with Crippen LogP contribution in [0.4, 0.5) is 16.3 Å². The third-order valence-corrected chi connectivity index (χ3v) is 6.07. The normalized spacial score (nSPS) is 19.1. The number of rotatable bonds is 5. The molecule has 0 saturated carbocycles. The number of carbonyl (C=O) groups is 1. The number of urea groups is 1. The van der Waals surface area contributed by atoms with Gasteiger partial charge in [-0.1, -0.05) is 6.42 Å². The molecule has 160 valence electrons. The van der Waals surface area contributed by atoms with Crippen LogP contribution < -0.4 is 15.4 Å². The Morgan fingerprint density at radius 3 is 2.63 bits per heavy atom. The van der Waals surface area contributed by atoms with Gasteiger partial charge in [0.1, 0.15) is 12.4 Å². The van der Waals surface area contributed by atoms with Gasteiger partial charge in [-0.15, -0.1) is 0 Å². The zero-order valence-corrected chi connectivity index (χ0v) is 17.9. The number of likely N-dealkylation sites (N-methyl/N-ethyl adjacent to an activating group) is 1. The third-order valence-electron chi connectivity index (χ3n) is 6.07. The number of likely N-dealkylation sites (tertiary alicyclic amines) is 1. The van der Waals surface area contributed by atoms with Gasteiger partial charge < -0.3 is 15.0 Å². The average Bonchev–Trinajstić information content (AvgIpc) is 2.75. The molecule has 0 radical (unpaired) electrons. The largest absolute Gasteiger partial charge is 0.490 e. The first-order chi connectivity index (χ1) is 14.6. The van der Waals surface area contributed by atoms with E-state index in [0.29, 0.717) is 24.2 Å². The van der Waals surface area contributed by atoms with Crippen molar-refractivity contribution in [3.63, 3.8) is 0 Å². The molecule has 2 aliphatic rings. The molecule has 4 rings (SSSR count). The number of hydrogen-bond donors (Lipinski definition) is 2. The van der Waals surface area contributed by atoms with E-state index in [2.05, 4.69) is 44.7 Å². The minimum Gasteiger partial charge on any atom is -0.490 e. The lowest BCUT2D eigenvalue weighted by Gasteiger charge is -2.32. The molecule has 2 amide bonds. The van der Waals surface area contributed by atoms with Crippen LogP contribution in [0.15, 0.2) is 24.5 Å². The van der Waals surface area contributed by atoms with Crippen molar-refractivity contribution in [1.29, 1.82) is 0 Å². The number of nitrogens with one attached hydrogen (secondary N) is 2. The second-order valence-electron chi connectivity index (χ2n) is 8.39. The van der Waals surface area contributed by atoms with E-state index in [9.17, 15) is 4.79 Å². The minimum atomic E-state index is -0.344. The van der Waals surface area contributed by atoms with Crippen molar-refractivity contribution < 1.29 is 9.53 Å². The van der Waals surface area contributed by atoms with Gasteiger partial charge in [0.05, 0.1) is 23.8 Å². The van der Waals surface area contributed by atoms with Gasteiger partial charge in [0.15, 0.2) is 5.82 Å². The van der Waals surface area contributed by atoms with Crippen LogP contribution in [0.5, 0.6) is 5.75 Å². The summed E-state index contributed by atoms with van der Waals surface area (Å²) < 4.78 is 6.27. The summed E-state index contributed by atoms with van der Waals surface area (Å²) in [7, 11) is 2.16. The minimum absolute atomic E-state index is 0.344. The third kappa shape index (κ3) is 5.08. The molecule has 1 aromatic heterocycles. The van der Waals surface area contributed by atoms with Gasteiger partial charge >= 0.3 is 6.03 Å². The lowest BCUT2D eigenvalue weighted by molar-refractivity contribution is 0.125. The van der Waals surface area contributed by atoms with Gasteiger partial charge in [0.25, 0.3) is 0 Å². The van der Waals surface area contributed by atoms with Crippen molar-refractivity contribution in [1.82, 2.24) is 14.9 Å². The molecule has 2 aromatic rings. The highest BCUT2D eigenvalue weighted by molar-refractivity contribution is 6.00. The predicted molar refractivity (Wildman–Crippen MR) is 118 cm³/mol. The van der Waals surface area contributed by atoms with E-state index in [0.717, 1.165) is 37.3 Å². The van der Waals surface area contributed by atoms with Crippen molar-refractivity contribution >= 4 is 17.5 Å². The first-order valence-corrected chi connectivity index (χ1v) is 10.9. The first-order valence-electron chi connectivity index (χ1n) is 10.9. The summed E-state index contributed by atoms with van der Waals surface area (Å²) >= 11 is 0. The number of aryl methyl sites for hydroxylation is 3. The Balaban J connectivity index is 1.49. The van der Waals surface area contributed by atoms with Crippen molar-refractivity contribution in [2.24, 2.45) is 0 Å². The maximum Gasteiger partial charge on any atom is 0.324 e. The number of nitrogens with zero attached hydrogens (tertiary/aromatic N) is 3. The Morgan fingerprint density at radius 2 is 1.90 bits per heavy atom. The molecule has 7 nitrogen and oxygen atoms in total. The lowest BCUT2D eigenvalue weighted by Crippen LogP contribution is -2.40. The monoisotopic (exact) mass is 409 g/mol. The molecule has 0 spiro atoms. The van der Waals surface area contributed by atoms with E-state index in [1.54, 1.807) is 12.4 Å². The standard InChI is InChI=1S/C23H31N5O2/c1-16-13-25-22(14-24-16)27-23(29)26-20-11-17-7-3-4-8-18(17)12-21(20)30-15-19-9-5-6-10-28(19)2/h11-14,19H,3-10,15H2,1-2H3,(H2,25,26,27,29). The van der Waals surface area contributed by atoms with Crippen LogP contribution in [-0.2, 0) is 12.8 Å². The summed E-state index contributed by atoms with van der Waals surface area (Å²) in [6.45, 7) is 3.61. The highest BCUT2D eigenvalue weighted by Gasteiger charge is 2.21. The van der Waals surface area contributed by atoms with E-state index in [4.69, 9.17) is 4.74 Å². The van der Waals surface area contributed by atoms with E-state index in [1.165, 1.54) is 36.8 Å². The van der Waals surface area contributed by atoms with E-state index < -0.39 is 0 Å². The van der Waals surface area contributed by atoms with Crippen molar-refractivity contribution in [3.05, 3.63) is 41.3 Å². The fourth-order valence-electron chi connectivity index (χ4n) is 4.25. The van der Waals surface area contributed by atoms with Gasteiger partial charge in [0.2, 0.25) is 0 Å². The Bertz CT molecular complexity index is 884. The predicted octanol–water partition coefficient (Wildman–Crippen LogP) is 4.17. The molecule has 30 heavy (non-hydrogen) atoms. The Labute approximate surface area is 178 Å². The summed E-state index contributed by atoms with van der Waals surface area (Å²) in [5.74, 6) is 1.17. The van der Waals surface area contributed by atoms with Crippen LogP contribution in [0.2, 0.25) is 0 Å². The van der Waals surface area contributed by atoms with Crippen LogP contribution in [-0.4, -0.2) is 47.1 Å². The molecule has 0 bridgehead atoms. The Morgan fingerprint density at radius 1 is 1.10 bits per heavy atom. The first kappa shape index (κ1) is 20.6. The average molecular weight is 410 g/mol. The lowest BCUT2D eigenvalue weighted by atomic mass is 9.91. The highest BCUT2D eigenvalue weighted by atomic mass is 16.5. The molecule has 1 atom stereocenters. The maximum absolute atomic E-state index is 12.6. The van der Waals surface area contributed by atoms with Crippen LogP contribution >= 0.6 is 0 Å². The van der Waals surface area contributed by atoms with Gasteiger partial charge in [-0.2, -0.15) is 0 Å². The second-order valence-corrected chi connectivity index (χ2v) is 8.39. The fourth-order valence-corrected chi connectivity index (χ4v) is 4.25. The molecule has 2 N–H and O–H groups in total. The second kappa shape index (κ2) is 9.43. The Hall–Kier alpha value is -2.67. The van der Waals surface area contributed by atoms with Crippen molar-refractivity contribution in [3.8, 4) is 5.75 Å². The van der Waals surface area contributed by atoms with Crippen molar-refractivity contribution in [2.45, 2.75) is 57.9 Å².